The van der Waals surface area contributed by atoms with Crippen LogP contribution in [0.2, 0.25) is 0 Å². The molecule has 5 nitrogen and oxygen atoms in total. The fraction of sp³-hybridized carbons (Fsp3) is 0.444. The number of methoxy groups -OCH3 is 2. The normalized spacial score (nSPS) is 20.1. The van der Waals surface area contributed by atoms with Gasteiger partial charge in [0, 0.05) is 10.5 Å². The monoisotopic (exact) mass is 424 g/mol. The summed E-state index contributed by atoms with van der Waals surface area (Å²) in [6, 6.07) is 3.86. The number of hydrogen-bond acceptors (Lipinski definition) is 4. The molecule has 1 heterocycles. The molecule has 1 amide bonds. The largest absolute Gasteiger partial charge is 0.493 e. The number of carbonyl (C=O) groups is 1. The second-order valence-electron chi connectivity index (χ2n) is 6.18. The van der Waals surface area contributed by atoms with Gasteiger partial charge < -0.3 is 14.8 Å². The third kappa shape index (κ3) is 3.67. The number of benzene rings is 1. The molecular formula is C18H21BrN2O3S. The van der Waals surface area contributed by atoms with Crippen molar-refractivity contribution in [3.05, 3.63) is 27.9 Å². The van der Waals surface area contributed by atoms with Crippen LogP contribution in [0, 0.1) is 0 Å². The number of ether oxygens (including phenoxy) is 2. The number of nitrogens with zero attached hydrogens (tertiary/aromatic N) is 1. The Morgan fingerprint density at radius 3 is 2.48 bits per heavy atom. The lowest BCUT2D eigenvalue weighted by Crippen LogP contribution is -2.41. The van der Waals surface area contributed by atoms with E-state index in [9.17, 15) is 4.79 Å². The van der Waals surface area contributed by atoms with Crippen LogP contribution in [0.4, 0.5) is 0 Å². The van der Waals surface area contributed by atoms with Crippen molar-refractivity contribution in [3.63, 3.8) is 0 Å². The topological polar surface area (TPSA) is 50.8 Å². The first-order chi connectivity index (χ1) is 12.0. The fourth-order valence-corrected chi connectivity index (χ4v) is 4.13. The number of hydrogen-bond donors (Lipinski definition) is 1. The third-order valence-electron chi connectivity index (χ3n) is 4.65. The van der Waals surface area contributed by atoms with Gasteiger partial charge >= 0.3 is 0 Å². The summed E-state index contributed by atoms with van der Waals surface area (Å²) >= 11 is 8.93. The molecule has 2 aliphatic rings. The van der Waals surface area contributed by atoms with Gasteiger partial charge in [-0.1, -0.05) is 35.2 Å². The van der Waals surface area contributed by atoms with Crippen LogP contribution in [-0.2, 0) is 4.79 Å². The summed E-state index contributed by atoms with van der Waals surface area (Å²) < 4.78 is 11.4. The van der Waals surface area contributed by atoms with Gasteiger partial charge in [-0.15, -0.1) is 0 Å². The number of carbonyl (C=O) groups excluding carboxylic acids is 1. The highest BCUT2D eigenvalue weighted by atomic mass is 79.9. The van der Waals surface area contributed by atoms with Gasteiger partial charge in [0.15, 0.2) is 16.6 Å². The first-order valence-corrected chi connectivity index (χ1v) is 9.53. The minimum absolute atomic E-state index is 0.0569. The molecule has 1 aromatic rings. The molecule has 0 atom stereocenters. The van der Waals surface area contributed by atoms with Crippen LogP contribution < -0.4 is 14.8 Å². The molecule has 1 aromatic carbocycles. The Hall–Kier alpha value is -1.60. The molecule has 3 rings (SSSR count). The zero-order valence-electron chi connectivity index (χ0n) is 14.3. The van der Waals surface area contributed by atoms with E-state index in [0.29, 0.717) is 22.3 Å². The predicted molar refractivity (Wildman–Crippen MR) is 105 cm³/mol. The van der Waals surface area contributed by atoms with Crippen molar-refractivity contribution in [3.8, 4) is 11.5 Å². The molecule has 0 aromatic heterocycles. The van der Waals surface area contributed by atoms with Gasteiger partial charge in [0.1, 0.15) is 5.70 Å². The van der Waals surface area contributed by atoms with Crippen molar-refractivity contribution in [1.82, 2.24) is 10.2 Å². The zero-order valence-corrected chi connectivity index (χ0v) is 16.7. The summed E-state index contributed by atoms with van der Waals surface area (Å²) in [5.74, 6) is 1.18. The number of thiocarbonyl (C=S) groups is 1. The van der Waals surface area contributed by atoms with Crippen LogP contribution in [-0.4, -0.2) is 36.2 Å². The second kappa shape index (κ2) is 7.74. The van der Waals surface area contributed by atoms with E-state index in [0.717, 1.165) is 35.7 Å². The number of nitrogens with one attached hydrogen (secondary N) is 1. The van der Waals surface area contributed by atoms with Crippen molar-refractivity contribution in [1.29, 1.82) is 0 Å². The fourth-order valence-electron chi connectivity index (χ4n) is 3.36. The molecule has 1 aliphatic carbocycles. The average Bonchev–Trinajstić information content (AvgIpc) is 2.90. The Balaban J connectivity index is 1.89. The lowest BCUT2D eigenvalue weighted by atomic mass is 9.94. The van der Waals surface area contributed by atoms with E-state index in [1.165, 1.54) is 6.42 Å². The van der Waals surface area contributed by atoms with E-state index in [2.05, 4.69) is 21.2 Å². The molecular weight excluding hydrogens is 404 g/mol. The van der Waals surface area contributed by atoms with E-state index in [4.69, 9.17) is 21.7 Å². The minimum atomic E-state index is -0.0569. The maximum absolute atomic E-state index is 12.8. The maximum Gasteiger partial charge on any atom is 0.276 e. The van der Waals surface area contributed by atoms with Crippen molar-refractivity contribution < 1.29 is 14.3 Å². The Kier molecular flexibility index (Phi) is 5.64. The lowest BCUT2D eigenvalue weighted by Gasteiger charge is -2.29. The number of rotatable bonds is 4. The van der Waals surface area contributed by atoms with E-state index >= 15 is 0 Å². The predicted octanol–water partition coefficient (Wildman–Crippen LogP) is 3.86. The Bertz CT molecular complexity index is 729. The Morgan fingerprint density at radius 1 is 1.20 bits per heavy atom. The minimum Gasteiger partial charge on any atom is -0.493 e. The molecule has 0 unspecified atom stereocenters. The SMILES string of the molecule is COc1cc(Br)c(/C=C2\NC(=S)N(C3CCCCC3)C2=O)cc1OC. The van der Waals surface area contributed by atoms with Crippen LogP contribution in [0.5, 0.6) is 11.5 Å². The van der Waals surface area contributed by atoms with Crippen LogP contribution in [0.3, 0.4) is 0 Å². The first kappa shape index (κ1) is 18.2. The highest BCUT2D eigenvalue weighted by molar-refractivity contribution is 9.10. The Labute approximate surface area is 161 Å². The molecule has 2 fully saturated rings. The van der Waals surface area contributed by atoms with Gasteiger partial charge in [-0.3, -0.25) is 9.69 Å². The summed E-state index contributed by atoms with van der Waals surface area (Å²) in [6.45, 7) is 0. The molecule has 0 spiro atoms. The van der Waals surface area contributed by atoms with E-state index in [-0.39, 0.29) is 11.9 Å². The van der Waals surface area contributed by atoms with Crippen molar-refractivity contribution >= 4 is 45.2 Å². The second-order valence-corrected chi connectivity index (χ2v) is 7.42. The molecule has 0 bridgehead atoms. The summed E-state index contributed by atoms with van der Waals surface area (Å²) in [4.78, 5) is 14.6. The molecule has 0 radical (unpaired) electrons. The van der Waals surface area contributed by atoms with Crippen molar-refractivity contribution in [2.24, 2.45) is 0 Å². The highest BCUT2D eigenvalue weighted by Gasteiger charge is 2.36. The van der Waals surface area contributed by atoms with Crippen molar-refractivity contribution in [2.45, 2.75) is 38.1 Å². The smallest absolute Gasteiger partial charge is 0.276 e. The standard InChI is InChI=1S/C18H21BrN2O3S/c1-23-15-9-11(13(19)10-16(15)24-2)8-14-17(22)21(18(25)20-14)12-6-4-3-5-7-12/h8-10,12H,3-7H2,1-2H3,(H,20,25)/b14-8-. The van der Waals surface area contributed by atoms with E-state index in [1.54, 1.807) is 25.2 Å². The van der Waals surface area contributed by atoms with E-state index in [1.807, 2.05) is 12.1 Å². The maximum atomic E-state index is 12.8. The van der Waals surface area contributed by atoms with Crippen molar-refractivity contribution in [2.75, 3.05) is 14.2 Å². The first-order valence-electron chi connectivity index (χ1n) is 8.33. The molecule has 1 saturated carbocycles. The number of amides is 1. The van der Waals surface area contributed by atoms with E-state index < -0.39 is 0 Å². The molecule has 134 valence electrons. The zero-order chi connectivity index (χ0) is 18.0. The van der Waals surface area contributed by atoms with Gasteiger partial charge in [-0.05, 0) is 48.8 Å². The summed E-state index contributed by atoms with van der Waals surface area (Å²) in [5.41, 5.74) is 1.31. The highest BCUT2D eigenvalue weighted by Crippen LogP contribution is 2.35. The average molecular weight is 425 g/mol. The van der Waals surface area contributed by atoms with Crippen LogP contribution in [0.1, 0.15) is 37.7 Å². The molecule has 25 heavy (non-hydrogen) atoms. The van der Waals surface area contributed by atoms with Gasteiger partial charge in [0.05, 0.1) is 14.2 Å². The Morgan fingerprint density at radius 2 is 1.84 bits per heavy atom. The summed E-state index contributed by atoms with van der Waals surface area (Å²) in [7, 11) is 3.17. The van der Waals surface area contributed by atoms with Gasteiger partial charge in [0.2, 0.25) is 0 Å². The van der Waals surface area contributed by atoms with Gasteiger partial charge in [-0.2, -0.15) is 0 Å². The molecule has 1 saturated heterocycles. The van der Waals surface area contributed by atoms with Gasteiger partial charge in [0.25, 0.3) is 5.91 Å². The third-order valence-corrected chi connectivity index (χ3v) is 5.64. The van der Waals surface area contributed by atoms with Gasteiger partial charge in [-0.25, -0.2) is 0 Å². The summed E-state index contributed by atoms with van der Waals surface area (Å²) in [5, 5.41) is 3.57. The quantitative estimate of drug-likeness (QED) is 0.587. The molecule has 1 N–H and O–H groups in total. The van der Waals surface area contributed by atoms with Crippen LogP contribution in [0.25, 0.3) is 6.08 Å². The molecule has 1 aliphatic heterocycles. The molecule has 7 heteroatoms. The number of halogens is 1. The van der Waals surface area contributed by atoms with Crippen LogP contribution in [0.15, 0.2) is 22.3 Å². The lowest BCUT2D eigenvalue weighted by molar-refractivity contribution is -0.124. The van der Waals surface area contributed by atoms with Crippen LogP contribution >= 0.6 is 28.1 Å². The summed E-state index contributed by atoms with van der Waals surface area (Å²) in [6.07, 6.45) is 7.36.